The predicted molar refractivity (Wildman–Crippen MR) is 107 cm³/mol. The molecule has 1 heterocycles. The summed E-state index contributed by atoms with van der Waals surface area (Å²) in [5, 5.41) is 9.71. The van der Waals surface area contributed by atoms with Gasteiger partial charge in [0.25, 0.3) is 5.91 Å². The number of carbonyl (C=O) groups excluding carboxylic acids is 2. The van der Waals surface area contributed by atoms with Crippen LogP contribution in [0.2, 0.25) is 5.02 Å². The van der Waals surface area contributed by atoms with Crippen LogP contribution in [-0.2, 0) is 0 Å². The zero-order chi connectivity index (χ0) is 24.8. The molecule has 1 aliphatic rings. The largest absolute Gasteiger partial charge is 0.481 e. The second kappa shape index (κ2) is 8.67. The first-order valence-electron chi connectivity index (χ1n) is 9.33. The molecule has 33 heavy (non-hydrogen) atoms. The predicted octanol–water partition coefficient (Wildman–Crippen LogP) is 3.51. The number of hydrogen-bond donors (Lipinski definition) is 3. The molecule has 13 heteroatoms. The van der Waals surface area contributed by atoms with Gasteiger partial charge in [0.05, 0.1) is 29.3 Å². The number of halogens is 6. The summed E-state index contributed by atoms with van der Waals surface area (Å²) in [6.45, 7) is 0.342. The number of aliphatic hydroxyl groups excluding tert-OH is 1. The Hall–Kier alpha value is -3.12. The van der Waals surface area contributed by atoms with E-state index >= 15 is 4.39 Å². The number of ether oxygens (including phenoxy) is 1. The molecule has 0 saturated carbocycles. The van der Waals surface area contributed by atoms with Crippen LogP contribution in [0.3, 0.4) is 0 Å². The van der Waals surface area contributed by atoms with E-state index in [-0.39, 0.29) is 11.6 Å². The smallest absolute Gasteiger partial charge is 0.425 e. The third kappa shape index (κ3) is 4.40. The third-order valence-electron chi connectivity index (χ3n) is 5.17. The van der Waals surface area contributed by atoms with Crippen molar-refractivity contribution in [3.63, 3.8) is 0 Å². The summed E-state index contributed by atoms with van der Waals surface area (Å²) in [5.41, 5.74) is 7.49. The number of urea groups is 1. The number of rotatable bonds is 5. The highest BCUT2D eigenvalue weighted by atomic mass is 35.5. The number of aliphatic hydroxyl groups is 1. The SMILES string of the molecule is CC(Oc1cc(C2C(O)CN2C(N)=O)c(F)c(C(N)=O)c1-c1c(F)cccc1Cl)C(F)(F)F. The van der Waals surface area contributed by atoms with Gasteiger partial charge in [0.2, 0.25) is 0 Å². The Balaban J connectivity index is 2.37. The number of benzene rings is 2. The average Bonchev–Trinajstić information content (AvgIpc) is 2.67. The van der Waals surface area contributed by atoms with Crippen molar-refractivity contribution >= 4 is 23.5 Å². The molecule has 5 N–H and O–H groups in total. The maximum Gasteiger partial charge on any atom is 0.425 e. The first kappa shape index (κ1) is 24.5. The molecule has 2 aromatic rings. The van der Waals surface area contributed by atoms with Gasteiger partial charge in [-0.05, 0) is 25.1 Å². The van der Waals surface area contributed by atoms with Gasteiger partial charge in [-0.25, -0.2) is 13.6 Å². The number of likely N-dealkylation sites (tertiary alicyclic amines) is 1. The Labute approximate surface area is 188 Å². The van der Waals surface area contributed by atoms with E-state index in [0.29, 0.717) is 6.92 Å². The summed E-state index contributed by atoms with van der Waals surface area (Å²) < 4.78 is 74.9. The van der Waals surface area contributed by atoms with Gasteiger partial charge in [-0.1, -0.05) is 17.7 Å². The Morgan fingerprint density at radius 2 is 1.88 bits per heavy atom. The average molecular weight is 494 g/mol. The van der Waals surface area contributed by atoms with Gasteiger partial charge >= 0.3 is 12.2 Å². The van der Waals surface area contributed by atoms with Crippen molar-refractivity contribution in [1.29, 1.82) is 0 Å². The highest BCUT2D eigenvalue weighted by Crippen LogP contribution is 2.46. The van der Waals surface area contributed by atoms with E-state index in [4.69, 9.17) is 27.8 Å². The van der Waals surface area contributed by atoms with Gasteiger partial charge in [-0.15, -0.1) is 0 Å². The first-order valence-corrected chi connectivity index (χ1v) is 9.71. The van der Waals surface area contributed by atoms with Gasteiger partial charge in [0.1, 0.15) is 17.4 Å². The molecule has 0 spiro atoms. The Morgan fingerprint density at radius 1 is 1.24 bits per heavy atom. The lowest BCUT2D eigenvalue weighted by Crippen LogP contribution is -2.58. The van der Waals surface area contributed by atoms with E-state index in [1.54, 1.807) is 0 Å². The van der Waals surface area contributed by atoms with Crippen LogP contribution in [0.15, 0.2) is 24.3 Å². The second-order valence-electron chi connectivity index (χ2n) is 7.29. The molecular formula is C20H17ClF5N3O4. The van der Waals surface area contributed by atoms with Crippen LogP contribution in [0.1, 0.15) is 28.9 Å². The summed E-state index contributed by atoms with van der Waals surface area (Å²) in [7, 11) is 0. The van der Waals surface area contributed by atoms with E-state index < -0.39 is 76.0 Å². The van der Waals surface area contributed by atoms with Gasteiger partial charge in [0, 0.05) is 16.7 Å². The minimum absolute atomic E-state index is 0.290. The number of alkyl halides is 3. The van der Waals surface area contributed by atoms with Crippen molar-refractivity contribution in [2.75, 3.05) is 6.54 Å². The number of nitrogens with zero attached hydrogens (tertiary/aromatic N) is 1. The summed E-state index contributed by atoms with van der Waals surface area (Å²) >= 11 is 6.02. The van der Waals surface area contributed by atoms with Crippen molar-refractivity contribution in [1.82, 2.24) is 4.90 Å². The van der Waals surface area contributed by atoms with Crippen LogP contribution >= 0.6 is 11.6 Å². The third-order valence-corrected chi connectivity index (χ3v) is 5.48. The molecule has 3 rings (SSSR count). The van der Waals surface area contributed by atoms with E-state index in [1.165, 1.54) is 6.07 Å². The van der Waals surface area contributed by atoms with Crippen molar-refractivity contribution < 1.29 is 41.4 Å². The van der Waals surface area contributed by atoms with Crippen molar-refractivity contribution in [3.8, 4) is 16.9 Å². The summed E-state index contributed by atoms with van der Waals surface area (Å²) in [6, 6.07) is 1.46. The molecule has 0 radical (unpaired) electrons. The topological polar surface area (TPSA) is 119 Å². The quantitative estimate of drug-likeness (QED) is 0.552. The van der Waals surface area contributed by atoms with Crippen molar-refractivity contribution in [3.05, 3.63) is 52.0 Å². The molecule has 0 aromatic heterocycles. The fraction of sp³-hybridized carbons (Fsp3) is 0.300. The minimum Gasteiger partial charge on any atom is -0.481 e. The highest BCUT2D eigenvalue weighted by molar-refractivity contribution is 6.33. The Morgan fingerprint density at radius 3 is 2.36 bits per heavy atom. The lowest BCUT2D eigenvalue weighted by molar-refractivity contribution is -0.189. The molecule has 0 bridgehead atoms. The number of nitrogens with two attached hydrogens (primary N) is 2. The van der Waals surface area contributed by atoms with Crippen molar-refractivity contribution in [2.24, 2.45) is 11.5 Å². The molecule has 1 aliphatic heterocycles. The number of primary amides is 2. The van der Waals surface area contributed by atoms with Crippen LogP contribution in [-0.4, -0.2) is 46.9 Å². The molecule has 1 fully saturated rings. The van der Waals surface area contributed by atoms with Gasteiger partial charge in [-0.3, -0.25) is 4.79 Å². The van der Waals surface area contributed by atoms with Crippen LogP contribution in [0, 0.1) is 11.6 Å². The molecule has 1 saturated heterocycles. The van der Waals surface area contributed by atoms with E-state index in [0.717, 1.165) is 23.1 Å². The normalized spacial score (nSPS) is 19.1. The lowest BCUT2D eigenvalue weighted by Gasteiger charge is -2.44. The minimum atomic E-state index is -4.90. The van der Waals surface area contributed by atoms with Gasteiger partial charge in [-0.2, -0.15) is 13.2 Å². The molecule has 3 amide bonds. The molecule has 178 valence electrons. The number of amides is 3. The second-order valence-corrected chi connectivity index (χ2v) is 7.70. The molecule has 3 unspecified atom stereocenters. The summed E-state index contributed by atoms with van der Waals surface area (Å²) in [4.78, 5) is 24.6. The molecule has 0 aliphatic carbocycles. The monoisotopic (exact) mass is 493 g/mol. The number of hydrogen-bond acceptors (Lipinski definition) is 4. The van der Waals surface area contributed by atoms with Crippen LogP contribution in [0.4, 0.5) is 26.7 Å². The van der Waals surface area contributed by atoms with Crippen LogP contribution < -0.4 is 16.2 Å². The maximum atomic E-state index is 15.5. The van der Waals surface area contributed by atoms with Crippen LogP contribution in [0.5, 0.6) is 5.75 Å². The Kier molecular flexibility index (Phi) is 6.44. The molecular weight excluding hydrogens is 477 g/mol. The van der Waals surface area contributed by atoms with Gasteiger partial charge in [0.15, 0.2) is 6.10 Å². The molecule has 7 nitrogen and oxygen atoms in total. The summed E-state index contributed by atoms with van der Waals surface area (Å²) in [6.07, 6.45) is -8.74. The Bertz CT molecular complexity index is 1110. The van der Waals surface area contributed by atoms with Gasteiger partial charge < -0.3 is 26.2 Å². The fourth-order valence-electron chi connectivity index (χ4n) is 3.52. The molecule has 3 atom stereocenters. The maximum absolute atomic E-state index is 15.5. The molecule has 2 aromatic carbocycles. The van der Waals surface area contributed by atoms with E-state index in [1.807, 2.05) is 0 Å². The van der Waals surface area contributed by atoms with E-state index in [9.17, 15) is 32.3 Å². The number of carbonyl (C=O) groups is 2. The zero-order valence-electron chi connectivity index (χ0n) is 16.8. The first-order chi connectivity index (χ1) is 15.3. The lowest BCUT2D eigenvalue weighted by atomic mass is 9.86. The highest BCUT2D eigenvalue weighted by Gasteiger charge is 2.45. The standard InChI is InChI=1S/C20H17ClF5N3O4/c1-7(20(24,25)26)33-12-5-8(17-11(30)6-29(17)19(28)32)16(23)15(18(27)31)14(12)13-9(21)3-2-4-10(13)22/h2-5,7,11,17,30H,6H2,1H3,(H2,27,31)(H2,28,32). The van der Waals surface area contributed by atoms with E-state index in [2.05, 4.69) is 0 Å². The van der Waals surface area contributed by atoms with Crippen molar-refractivity contribution in [2.45, 2.75) is 31.3 Å². The van der Waals surface area contributed by atoms with Crippen LogP contribution in [0.25, 0.3) is 11.1 Å². The summed E-state index contributed by atoms with van der Waals surface area (Å²) in [5.74, 6) is -4.77. The fourth-order valence-corrected chi connectivity index (χ4v) is 3.78. The zero-order valence-corrected chi connectivity index (χ0v) is 17.5. The number of β-amino-alcohol motifs (C(OH)–C–C–N with tert-alkyl or cyclic N) is 1.